The predicted molar refractivity (Wildman–Crippen MR) is 127 cm³/mol. The predicted octanol–water partition coefficient (Wildman–Crippen LogP) is 4.35. The molecular formula is C24H30ClN5. The topological polar surface area (TPSA) is 42.9 Å². The smallest absolute Gasteiger partial charge is 0.122 e. The van der Waals surface area contributed by atoms with Crippen LogP contribution in [0, 0.1) is 5.92 Å². The summed E-state index contributed by atoms with van der Waals surface area (Å²) in [5.41, 5.74) is 4.77. The third-order valence-corrected chi connectivity index (χ3v) is 7.16. The highest BCUT2D eigenvalue weighted by atomic mass is 35.5. The zero-order chi connectivity index (χ0) is 20.5. The highest BCUT2D eigenvalue weighted by Gasteiger charge is 2.34. The first kappa shape index (κ1) is 19.7. The minimum Gasteiger partial charge on any atom is -0.384 e. The molecule has 0 bridgehead atoms. The van der Waals surface area contributed by atoms with Crippen LogP contribution in [0.5, 0.6) is 0 Å². The second-order valence-electron chi connectivity index (χ2n) is 8.60. The first-order valence-corrected chi connectivity index (χ1v) is 11.5. The number of para-hydroxylation sites is 1. The molecule has 1 fully saturated rings. The maximum atomic E-state index is 6.51. The number of hydrogen-bond donors (Lipinski definition) is 2. The van der Waals surface area contributed by atoms with E-state index < -0.39 is 0 Å². The number of halogens is 1. The van der Waals surface area contributed by atoms with E-state index in [2.05, 4.69) is 76.0 Å². The fourth-order valence-corrected chi connectivity index (χ4v) is 5.38. The van der Waals surface area contributed by atoms with Crippen molar-refractivity contribution in [2.45, 2.75) is 32.0 Å². The molecule has 2 N–H and O–H groups in total. The van der Waals surface area contributed by atoms with Gasteiger partial charge in [0.25, 0.3) is 0 Å². The third-order valence-electron chi connectivity index (χ3n) is 6.82. The van der Waals surface area contributed by atoms with Gasteiger partial charge in [0.1, 0.15) is 6.17 Å². The molecule has 0 amide bonds. The Morgan fingerprint density at radius 3 is 2.70 bits per heavy atom. The molecule has 0 aromatic heterocycles. The Kier molecular flexibility index (Phi) is 5.57. The summed E-state index contributed by atoms with van der Waals surface area (Å²) in [6.45, 7) is 7.64. The lowest BCUT2D eigenvalue weighted by Crippen LogP contribution is -2.55. The Bertz CT molecular complexity index is 907. The molecule has 6 heteroatoms. The van der Waals surface area contributed by atoms with Crippen LogP contribution in [0.4, 0.5) is 17.1 Å². The number of piperazine rings is 1. The largest absolute Gasteiger partial charge is 0.384 e. The highest BCUT2D eigenvalue weighted by Crippen LogP contribution is 2.34. The summed E-state index contributed by atoms with van der Waals surface area (Å²) < 4.78 is 0. The van der Waals surface area contributed by atoms with Crippen LogP contribution in [0.25, 0.3) is 0 Å². The van der Waals surface area contributed by atoms with Crippen molar-refractivity contribution < 1.29 is 0 Å². The number of fused-ring (bicyclic) bond motifs is 1. The number of anilines is 3. The van der Waals surface area contributed by atoms with E-state index >= 15 is 0 Å². The number of benzene rings is 2. The van der Waals surface area contributed by atoms with Gasteiger partial charge < -0.3 is 15.5 Å². The summed E-state index contributed by atoms with van der Waals surface area (Å²) in [5, 5.41) is 7.93. The van der Waals surface area contributed by atoms with E-state index in [4.69, 9.17) is 16.6 Å². The van der Waals surface area contributed by atoms with Gasteiger partial charge in [-0.3, -0.25) is 9.89 Å². The number of nitrogens with zero attached hydrogens (tertiary/aromatic N) is 3. The highest BCUT2D eigenvalue weighted by molar-refractivity contribution is 6.32. The summed E-state index contributed by atoms with van der Waals surface area (Å²) in [4.78, 5) is 9.95. The zero-order valence-corrected chi connectivity index (χ0v) is 18.3. The van der Waals surface area contributed by atoms with Crippen LogP contribution in [0.3, 0.4) is 0 Å². The van der Waals surface area contributed by atoms with E-state index in [0.29, 0.717) is 12.0 Å². The SMILES string of the molecule is CC1C(Nc2cc(Cl)c3c(c2)NCC3)N=CCC1N1CCN(c2ccccc2)CC1. The van der Waals surface area contributed by atoms with Gasteiger partial charge in [0.15, 0.2) is 0 Å². The Morgan fingerprint density at radius 2 is 1.90 bits per heavy atom. The van der Waals surface area contributed by atoms with Gasteiger partial charge in [-0.1, -0.05) is 36.7 Å². The molecule has 30 heavy (non-hydrogen) atoms. The van der Waals surface area contributed by atoms with Crippen LogP contribution >= 0.6 is 11.6 Å². The van der Waals surface area contributed by atoms with Crippen LogP contribution in [0.1, 0.15) is 18.9 Å². The van der Waals surface area contributed by atoms with E-state index in [0.717, 1.165) is 62.0 Å². The molecule has 3 heterocycles. The molecule has 2 aromatic rings. The van der Waals surface area contributed by atoms with Gasteiger partial charge in [0.05, 0.1) is 0 Å². The average Bonchev–Trinajstić information content (AvgIpc) is 3.25. The summed E-state index contributed by atoms with van der Waals surface area (Å²) in [6.07, 6.45) is 4.21. The second-order valence-corrected chi connectivity index (χ2v) is 9.01. The first-order valence-electron chi connectivity index (χ1n) is 11.1. The van der Waals surface area contributed by atoms with Crippen molar-refractivity contribution >= 4 is 34.9 Å². The molecule has 2 aromatic carbocycles. The molecule has 0 saturated carbocycles. The zero-order valence-electron chi connectivity index (χ0n) is 17.5. The molecule has 3 unspecified atom stereocenters. The van der Waals surface area contributed by atoms with Crippen molar-refractivity contribution in [3.05, 3.63) is 53.1 Å². The van der Waals surface area contributed by atoms with Crippen LogP contribution in [0.15, 0.2) is 47.5 Å². The third kappa shape index (κ3) is 3.88. The van der Waals surface area contributed by atoms with Gasteiger partial charge in [-0.25, -0.2) is 0 Å². The summed E-state index contributed by atoms with van der Waals surface area (Å²) in [5.74, 6) is 0.429. The van der Waals surface area contributed by atoms with E-state index in [1.54, 1.807) is 0 Å². The normalized spacial score (nSPS) is 26.3. The molecule has 1 saturated heterocycles. The van der Waals surface area contributed by atoms with Crippen molar-refractivity contribution in [2.24, 2.45) is 10.9 Å². The lowest BCUT2D eigenvalue weighted by Gasteiger charge is -2.44. The second kappa shape index (κ2) is 8.48. The number of aliphatic imine (C=N–C) groups is 1. The quantitative estimate of drug-likeness (QED) is 0.767. The number of hydrogen-bond acceptors (Lipinski definition) is 5. The number of nitrogens with one attached hydrogen (secondary N) is 2. The van der Waals surface area contributed by atoms with E-state index in [1.807, 2.05) is 0 Å². The van der Waals surface area contributed by atoms with Crippen molar-refractivity contribution in [3.63, 3.8) is 0 Å². The van der Waals surface area contributed by atoms with Gasteiger partial charge in [-0.15, -0.1) is 0 Å². The molecule has 5 rings (SSSR count). The Morgan fingerprint density at radius 1 is 1.10 bits per heavy atom. The summed E-state index contributed by atoms with van der Waals surface area (Å²) >= 11 is 6.51. The van der Waals surface area contributed by atoms with Gasteiger partial charge in [-0.2, -0.15) is 0 Å². The van der Waals surface area contributed by atoms with Crippen LogP contribution < -0.4 is 15.5 Å². The molecule has 158 valence electrons. The molecule has 3 aliphatic rings. The van der Waals surface area contributed by atoms with Crippen LogP contribution in [-0.4, -0.2) is 56.0 Å². The standard InChI is InChI=1S/C24H30ClN5/c1-17-23(30-13-11-29(12-14-30)19-5-3-2-4-6-19)8-10-27-24(17)28-18-15-21(25)20-7-9-26-22(20)16-18/h2-6,10,15-17,23-24,26,28H,7-9,11-14H2,1H3. The Labute approximate surface area is 184 Å². The lowest BCUT2D eigenvalue weighted by molar-refractivity contribution is 0.131. The van der Waals surface area contributed by atoms with E-state index in [-0.39, 0.29) is 6.17 Å². The van der Waals surface area contributed by atoms with Crippen molar-refractivity contribution in [1.29, 1.82) is 0 Å². The van der Waals surface area contributed by atoms with Gasteiger partial charge in [-0.05, 0) is 42.7 Å². The maximum Gasteiger partial charge on any atom is 0.122 e. The van der Waals surface area contributed by atoms with E-state index in [9.17, 15) is 0 Å². The van der Waals surface area contributed by atoms with Crippen LogP contribution in [-0.2, 0) is 6.42 Å². The van der Waals surface area contributed by atoms with Crippen molar-refractivity contribution in [2.75, 3.05) is 48.3 Å². The lowest BCUT2D eigenvalue weighted by atomic mass is 9.91. The van der Waals surface area contributed by atoms with Gasteiger partial charge in [0, 0.05) is 73.0 Å². The molecule has 0 aliphatic carbocycles. The Balaban J connectivity index is 1.23. The molecule has 0 spiro atoms. The molecule has 0 radical (unpaired) electrons. The first-order chi connectivity index (χ1) is 14.7. The van der Waals surface area contributed by atoms with Gasteiger partial charge in [0.2, 0.25) is 0 Å². The molecule has 5 nitrogen and oxygen atoms in total. The molecule has 3 aliphatic heterocycles. The fourth-order valence-electron chi connectivity index (χ4n) is 5.07. The number of rotatable bonds is 4. The van der Waals surface area contributed by atoms with Crippen LogP contribution in [0.2, 0.25) is 5.02 Å². The maximum absolute atomic E-state index is 6.51. The van der Waals surface area contributed by atoms with Crippen molar-refractivity contribution in [3.8, 4) is 0 Å². The molecular weight excluding hydrogens is 394 g/mol. The minimum atomic E-state index is 0.0754. The van der Waals surface area contributed by atoms with E-state index in [1.165, 1.54) is 11.3 Å². The minimum absolute atomic E-state index is 0.0754. The molecule has 3 atom stereocenters. The van der Waals surface area contributed by atoms with Gasteiger partial charge >= 0.3 is 0 Å². The summed E-state index contributed by atoms with van der Waals surface area (Å²) in [7, 11) is 0. The average molecular weight is 424 g/mol. The van der Waals surface area contributed by atoms with Crippen molar-refractivity contribution in [1.82, 2.24) is 4.90 Å². The Hall–Kier alpha value is -2.24. The monoisotopic (exact) mass is 423 g/mol. The fraction of sp³-hybridized carbons (Fsp3) is 0.458. The summed E-state index contributed by atoms with van der Waals surface area (Å²) in [6, 6.07) is 15.5.